The first kappa shape index (κ1) is 14.0. The molecule has 1 heterocycles. The number of benzene rings is 1. The molecule has 0 amide bonds. The maximum atomic E-state index is 13.5. The Bertz CT molecular complexity index is 505. The van der Waals surface area contributed by atoms with E-state index in [4.69, 9.17) is 0 Å². The smallest absolute Gasteiger partial charge is 0.136 e. The Labute approximate surface area is 117 Å². The molecule has 2 nitrogen and oxygen atoms in total. The molecule has 0 spiro atoms. The molecule has 1 unspecified atom stereocenters. The van der Waals surface area contributed by atoms with Gasteiger partial charge in [0.15, 0.2) is 0 Å². The number of nitrogens with zero attached hydrogens (tertiary/aromatic N) is 1. The second-order valence-electron chi connectivity index (χ2n) is 4.25. The fraction of sp³-hybridized carbons (Fsp3) is 0.267. The van der Waals surface area contributed by atoms with E-state index in [-0.39, 0.29) is 11.9 Å². The van der Waals surface area contributed by atoms with Gasteiger partial charge in [-0.3, -0.25) is 4.98 Å². The summed E-state index contributed by atoms with van der Waals surface area (Å²) in [6, 6.07) is 13.1. The van der Waals surface area contributed by atoms with Crippen molar-refractivity contribution in [3.05, 3.63) is 60.2 Å². The normalized spacial score (nSPS) is 12.3. The summed E-state index contributed by atoms with van der Waals surface area (Å²) in [5, 5.41) is 3.26. The van der Waals surface area contributed by atoms with Gasteiger partial charge in [-0.1, -0.05) is 18.2 Å². The number of nitrogens with one attached hydrogen (secondary N) is 1. The van der Waals surface area contributed by atoms with Crippen LogP contribution in [0, 0.1) is 5.82 Å². The van der Waals surface area contributed by atoms with Gasteiger partial charge < -0.3 is 5.32 Å². The van der Waals surface area contributed by atoms with Crippen LogP contribution in [-0.2, 0) is 6.42 Å². The van der Waals surface area contributed by atoms with Gasteiger partial charge in [0.2, 0.25) is 0 Å². The fourth-order valence-electron chi connectivity index (χ4n) is 1.77. The average Bonchev–Trinajstić information content (AvgIpc) is 2.46. The molecule has 1 atom stereocenters. The predicted molar refractivity (Wildman–Crippen MR) is 77.9 cm³/mol. The molecule has 100 valence electrons. The summed E-state index contributed by atoms with van der Waals surface area (Å²) in [5.41, 5.74) is 1.05. The number of halogens is 1. The van der Waals surface area contributed by atoms with Gasteiger partial charge in [0.1, 0.15) is 5.82 Å². The van der Waals surface area contributed by atoms with Crippen molar-refractivity contribution in [2.75, 3.05) is 12.8 Å². The lowest BCUT2D eigenvalue weighted by atomic mass is 10.2. The van der Waals surface area contributed by atoms with Crippen molar-refractivity contribution in [3.63, 3.8) is 0 Å². The molecule has 1 aromatic heterocycles. The van der Waals surface area contributed by atoms with Crippen molar-refractivity contribution in [3.8, 4) is 0 Å². The molecular formula is C15H17FN2S. The third-order valence-electron chi connectivity index (χ3n) is 2.87. The summed E-state index contributed by atoms with van der Waals surface area (Å²) in [5.74, 6) is 0.661. The van der Waals surface area contributed by atoms with Gasteiger partial charge in [-0.05, 0) is 31.3 Å². The first-order valence-electron chi connectivity index (χ1n) is 6.24. The van der Waals surface area contributed by atoms with E-state index in [1.807, 2.05) is 37.4 Å². The topological polar surface area (TPSA) is 24.9 Å². The third-order valence-corrected chi connectivity index (χ3v) is 4.08. The highest BCUT2D eigenvalue weighted by Crippen LogP contribution is 2.22. The SMILES string of the molecule is CNC(CSc1ccccc1F)Cc1ccccn1. The minimum Gasteiger partial charge on any atom is -0.316 e. The molecule has 1 aromatic carbocycles. The van der Waals surface area contributed by atoms with Crippen LogP contribution < -0.4 is 5.32 Å². The average molecular weight is 276 g/mol. The van der Waals surface area contributed by atoms with E-state index in [0.29, 0.717) is 4.90 Å². The van der Waals surface area contributed by atoms with Crippen molar-refractivity contribution in [2.45, 2.75) is 17.4 Å². The van der Waals surface area contributed by atoms with E-state index in [2.05, 4.69) is 10.3 Å². The summed E-state index contributed by atoms with van der Waals surface area (Å²) in [7, 11) is 1.93. The second kappa shape index (κ2) is 7.26. The fourth-order valence-corrected chi connectivity index (χ4v) is 2.81. The van der Waals surface area contributed by atoms with Gasteiger partial charge in [-0.25, -0.2) is 4.39 Å². The van der Waals surface area contributed by atoms with Gasteiger partial charge in [0.05, 0.1) is 0 Å². The molecule has 0 saturated heterocycles. The Balaban J connectivity index is 1.91. The zero-order chi connectivity index (χ0) is 13.5. The first-order valence-corrected chi connectivity index (χ1v) is 7.22. The van der Waals surface area contributed by atoms with Gasteiger partial charge in [0.25, 0.3) is 0 Å². The number of likely N-dealkylation sites (N-methyl/N-ethyl adjacent to an activating group) is 1. The lowest BCUT2D eigenvalue weighted by molar-refractivity contribution is 0.596. The number of hydrogen-bond acceptors (Lipinski definition) is 3. The zero-order valence-corrected chi connectivity index (χ0v) is 11.7. The summed E-state index contributed by atoms with van der Waals surface area (Å²) in [6.07, 6.45) is 2.64. The second-order valence-corrected chi connectivity index (χ2v) is 5.31. The minimum absolute atomic E-state index is 0.153. The van der Waals surface area contributed by atoms with Gasteiger partial charge in [-0.2, -0.15) is 0 Å². The molecule has 0 aliphatic rings. The maximum absolute atomic E-state index is 13.5. The van der Waals surface area contributed by atoms with Crippen molar-refractivity contribution >= 4 is 11.8 Å². The first-order chi connectivity index (χ1) is 9.29. The molecular weight excluding hydrogens is 259 g/mol. The zero-order valence-electron chi connectivity index (χ0n) is 10.8. The summed E-state index contributed by atoms with van der Waals surface area (Å²) in [6.45, 7) is 0. The monoisotopic (exact) mass is 276 g/mol. The Morgan fingerprint density at radius 1 is 1.21 bits per heavy atom. The van der Waals surface area contributed by atoms with Crippen LogP contribution in [0.1, 0.15) is 5.69 Å². The Kier molecular flexibility index (Phi) is 5.36. The minimum atomic E-state index is -0.153. The van der Waals surface area contributed by atoms with Crippen LogP contribution in [-0.4, -0.2) is 23.8 Å². The molecule has 2 aromatic rings. The molecule has 0 fully saturated rings. The van der Waals surface area contributed by atoms with Gasteiger partial charge in [0, 0.05) is 35.0 Å². The standard InChI is InChI=1S/C15H17FN2S/c1-17-13(10-12-6-4-5-9-18-12)11-19-15-8-3-2-7-14(15)16/h2-9,13,17H,10-11H2,1H3. The van der Waals surface area contributed by atoms with Crippen LogP contribution in [0.15, 0.2) is 53.6 Å². The maximum Gasteiger partial charge on any atom is 0.136 e. The van der Waals surface area contributed by atoms with Crippen LogP contribution in [0.3, 0.4) is 0 Å². The number of thioether (sulfide) groups is 1. The van der Waals surface area contributed by atoms with Crippen LogP contribution in [0.2, 0.25) is 0 Å². The van der Waals surface area contributed by atoms with Gasteiger partial charge in [-0.15, -0.1) is 11.8 Å². The lowest BCUT2D eigenvalue weighted by Crippen LogP contribution is -2.30. The summed E-state index contributed by atoms with van der Waals surface area (Å²) in [4.78, 5) is 5.01. The molecule has 0 radical (unpaired) electrons. The molecule has 2 rings (SSSR count). The highest BCUT2D eigenvalue weighted by molar-refractivity contribution is 7.99. The van der Waals surface area contributed by atoms with Crippen molar-refractivity contribution in [1.29, 1.82) is 0 Å². The van der Waals surface area contributed by atoms with Gasteiger partial charge >= 0.3 is 0 Å². The molecule has 0 saturated carbocycles. The number of pyridine rings is 1. The molecule has 4 heteroatoms. The van der Waals surface area contributed by atoms with E-state index in [0.717, 1.165) is 17.9 Å². The Hall–Kier alpha value is -1.39. The largest absolute Gasteiger partial charge is 0.316 e. The molecule has 0 aliphatic carbocycles. The van der Waals surface area contributed by atoms with Crippen LogP contribution in [0.4, 0.5) is 4.39 Å². The van der Waals surface area contributed by atoms with Crippen LogP contribution >= 0.6 is 11.8 Å². The number of aromatic nitrogens is 1. The quantitative estimate of drug-likeness (QED) is 0.820. The summed E-state index contributed by atoms with van der Waals surface area (Å²) >= 11 is 1.53. The summed E-state index contributed by atoms with van der Waals surface area (Å²) < 4.78 is 13.5. The van der Waals surface area contributed by atoms with E-state index in [1.54, 1.807) is 12.3 Å². The van der Waals surface area contributed by atoms with Crippen molar-refractivity contribution in [2.24, 2.45) is 0 Å². The molecule has 1 N–H and O–H groups in total. The van der Waals surface area contributed by atoms with Crippen molar-refractivity contribution < 1.29 is 4.39 Å². The number of hydrogen-bond donors (Lipinski definition) is 1. The predicted octanol–water partition coefficient (Wildman–Crippen LogP) is 3.14. The van der Waals surface area contributed by atoms with Crippen molar-refractivity contribution in [1.82, 2.24) is 10.3 Å². The lowest BCUT2D eigenvalue weighted by Gasteiger charge is -2.15. The van der Waals surface area contributed by atoms with E-state index >= 15 is 0 Å². The number of rotatable bonds is 6. The molecule has 0 aliphatic heterocycles. The molecule has 0 bridgehead atoms. The van der Waals surface area contributed by atoms with Crippen LogP contribution in [0.25, 0.3) is 0 Å². The highest BCUT2D eigenvalue weighted by Gasteiger charge is 2.10. The van der Waals surface area contributed by atoms with Crippen LogP contribution in [0.5, 0.6) is 0 Å². The van der Waals surface area contributed by atoms with E-state index in [9.17, 15) is 4.39 Å². The highest BCUT2D eigenvalue weighted by atomic mass is 32.2. The Morgan fingerprint density at radius 2 is 2.00 bits per heavy atom. The van der Waals surface area contributed by atoms with E-state index < -0.39 is 0 Å². The third kappa shape index (κ3) is 4.33. The van der Waals surface area contributed by atoms with E-state index in [1.165, 1.54) is 17.8 Å². The molecule has 19 heavy (non-hydrogen) atoms. The Morgan fingerprint density at radius 3 is 2.68 bits per heavy atom.